The summed E-state index contributed by atoms with van der Waals surface area (Å²) in [4.78, 5) is 0. The molecule has 6 nitrogen and oxygen atoms in total. The molecule has 8 heteroatoms. The number of hydrogen-bond acceptors (Lipinski definition) is 0. The molecule has 0 aromatic rings. The molecular weight excluding hydrogens is 358 g/mol. The first-order valence-corrected chi connectivity index (χ1v) is 3.57. The van der Waals surface area contributed by atoms with Gasteiger partial charge in [0.2, 0.25) is 0 Å². The van der Waals surface area contributed by atoms with Gasteiger partial charge >= 0.3 is 67.8 Å². The quantitative estimate of drug-likeness (QED) is 0.304. The zero-order valence-corrected chi connectivity index (χ0v) is 12.4. The van der Waals surface area contributed by atoms with Gasteiger partial charge in [-0.15, -0.1) is 12.3 Å². The summed E-state index contributed by atoms with van der Waals surface area (Å²) in [6.07, 6.45) is 8.30. The molecule has 0 aromatic heterocycles. The maximum Gasteiger partial charge on any atom is 0 e. The van der Waals surface area contributed by atoms with Crippen LogP contribution >= 0.6 is 0 Å². The van der Waals surface area contributed by atoms with Gasteiger partial charge in [0.05, 0.1) is 0 Å². The molecule has 0 N–H and O–H groups in total. The van der Waals surface area contributed by atoms with Crippen LogP contribution in [0.2, 0.25) is 0 Å². The molecule has 0 saturated carbocycles. The van der Waals surface area contributed by atoms with E-state index in [0.29, 0.717) is 0 Å². The van der Waals surface area contributed by atoms with Crippen molar-refractivity contribution in [1.82, 2.24) is 0 Å². The maximum absolute atomic E-state index is 7.50. The standard InChI is InChI=1S/C6H10.6CO.2Co/c1-3-5-6-4-2;6*1-2;;/h1H,4-6H2,2H3;;;;;;;;. The van der Waals surface area contributed by atoms with Crippen molar-refractivity contribution in [3.8, 4) is 12.3 Å². The van der Waals surface area contributed by atoms with Crippen LogP contribution in [-0.2, 0) is 61.5 Å². The van der Waals surface area contributed by atoms with Gasteiger partial charge in [-0.05, 0) is 6.42 Å². The van der Waals surface area contributed by atoms with Crippen molar-refractivity contribution in [1.29, 1.82) is 0 Å². The molecule has 112 valence electrons. The van der Waals surface area contributed by atoms with Crippen molar-refractivity contribution in [3.63, 3.8) is 0 Å². The third kappa shape index (κ3) is 1080. The van der Waals surface area contributed by atoms with Crippen molar-refractivity contribution in [2.45, 2.75) is 26.2 Å². The van der Waals surface area contributed by atoms with Crippen molar-refractivity contribution < 1.29 is 61.5 Å². The molecule has 0 rings (SSSR count). The summed E-state index contributed by atoms with van der Waals surface area (Å²) >= 11 is 0. The molecule has 0 atom stereocenters. The second kappa shape index (κ2) is 574. The Labute approximate surface area is 140 Å². The average Bonchev–Trinajstić information content (AvgIpc) is 2.57. The van der Waals surface area contributed by atoms with Crippen LogP contribution in [0.25, 0.3) is 0 Å². The third-order valence-electron chi connectivity index (χ3n) is 0.675. The molecule has 0 aliphatic carbocycles. The monoisotopic (exact) mass is 368 g/mol. The molecule has 0 aliphatic heterocycles. The first kappa shape index (κ1) is 61.5. The van der Waals surface area contributed by atoms with Crippen LogP contribution in [0.15, 0.2) is 0 Å². The molecule has 0 aliphatic rings. The largest absolute Gasteiger partial charge is 0 e. The molecule has 0 saturated heterocycles. The summed E-state index contributed by atoms with van der Waals surface area (Å²) in [5.41, 5.74) is 0. The van der Waals surface area contributed by atoms with Gasteiger partial charge in [-0.2, -0.15) is 0 Å². The zero-order chi connectivity index (χ0) is 16.8. The second-order valence-corrected chi connectivity index (χ2v) is 1.31. The normalized spacial score (nSPS) is 2.80. The molecule has 0 amide bonds. The molecule has 0 fully saturated rings. The number of hydrogen-bond donors (Lipinski definition) is 0. The maximum atomic E-state index is 7.50. The SMILES string of the molecule is C#CCCCC.[C-]#[O+].[C-]#[O+].[C-]#[O+].[C-]#[O+].[C-]#[O+].[C-]#[O+].[Co].[Co]. The van der Waals surface area contributed by atoms with E-state index in [1.54, 1.807) is 0 Å². The fourth-order valence-corrected chi connectivity index (χ4v) is 0.279. The van der Waals surface area contributed by atoms with Gasteiger partial charge in [0.25, 0.3) is 0 Å². The summed E-state index contributed by atoms with van der Waals surface area (Å²) in [7, 11) is 0. The van der Waals surface area contributed by atoms with Crippen molar-refractivity contribution in [3.05, 3.63) is 39.9 Å². The predicted molar refractivity (Wildman–Crippen MR) is 51.9 cm³/mol. The van der Waals surface area contributed by atoms with E-state index in [0.717, 1.165) is 6.42 Å². The molecule has 2 radical (unpaired) electrons. The third-order valence-corrected chi connectivity index (χ3v) is 0.675. The van der Waals surface area contributed by atoms with Gasteiger partial charge in [0, 0.05) is 40.0 Å². The fraction of sp³-hybridized carbons (Fsp3) is 0.333. The molecule has 0 spiro atoms. The smallest absolute Gasteiger partial charge is 0 e. The van der Waals surface area contributed by atoms with Gasteiger partial charge in [-0.1, -0.05) is 13.3 Å². The summed E-state index contributed by atoms with van der Waals surface area (Å²) in [5.74, 6) is 2.57. The van der Waals surface area contributed by atoms with Crippen LogP contribution in [-0.4, -0.2) is 0 Å². The minimum atomic E-state index is 0. The Kier molecular flexibility index (Phi) is 1770. The molecule has 0 bridgehead atoms. The Hall–Kier alpha value is -0.987. The summed E-state index contributed by atoms with van der Waals surface area (Å²) < 4.78 is 45.0. The van der Waals surface area contributed by atoms with E-state index >= 15 is 0 Å². The first-order valence-electron chi connectivity index (χ1n) is 3.57. The Balaban J connectivity index is -0.0000000109. The average molecular weight is 368 g/mol. The Morgan fingerprint density at radius 1 is 0.700 bits per heavy atom. The minimum absolute atomic E-state index is 0. The Morgan fingerprint density at radius 3 is 0.950 bits per heavy atom. The van der Waals surface area contributed by atoms with E-state index in [2.05, 4.69) is 52.7 Å². The molecule has 0 aromatic carbocycles. The van der Waals surface area contributed by atoms with Gasteiger partial charge in [-0.3, -0.25) is 0 Å². The van der Waals surface area contributed by atoms with E-state index in [4.69, 9.17) is 34.3 Å². The number of terminal acetylenes is 1. The zero-order valence-electron chi connectivity index (χ0n) is 10.3. The van der Waals surface area contributed by atoms with Crippen LogP contribution in [0, 0.1) is 52.2 Å². The first-order chi connectivity index (χ1) is 8.91. The molecule has 0 heterocycles. The second-order valence-electron chi connectivity index (χ2n) is 1.31. The van der Waals surface area contributed by atoms with E-state index in [9.17, 15) is 0 Å². The Morgan fingerprint density at radius 2 is 0.900 bits per heavy atom. The molecule has 0 unspecified atom stereocenters. The van der Waals surface area contributed by atoms with E-state index < -0.39 is 0 Å². The van der Waals surface area contributed by atoms with Crippen LogP contribution < -0.4 is 0 Å². The predicted octanol–water partition coefficient (Wildman–Crippen LogP) is 1.58. The Bertz CT molecular complexity index is 198. The van der Waals surface area contributed by atoms with E-state index in [1.807, 2.05) is 0 Å². The van der Waals surface area contributed by atoms with Crippen LogP contribution in [0.1, 0.15) is 26.2 Å². The number of unbranched alkanes of at least 4 members (excludes halogenated alkanes) is 2. The molecular formula is C12H10Co2O6. The van der Waals surface area contributed by atoms with E-state index in [1.165, 1.54) is 12.8 Å². The topological polar surface area (TPSA) is 119 Å². The molecule has 20 heavy (non-hydrogen) atoms. The van der Waals surface area contributed by atoms with Gasteiger partial charge in [0.15, 0.2) is 0 Å². The van der Waals surface area contributed by atoms with Gasteiger partial charge in [0.1, 0.15) is 0 Å². The summed E-state index contributed by atoms with van der Waals surface area (Å²) in [5, 5.41) is 0. The van der Waals surface area contributed by atoms with E-state index in [-0.39, 0.29) is 33.6 Å². The van der Waals surface area contributed by atoms with Crippen LogP contribution in [0.3, 0.4) is 0 Å². The summed E-state index contributed by atoms with van der Waals surface area (Å²) in [6.45, 7) is 29.1. The van der Waals surface area contributed by atoms with Gasteiger partial charge in [-0.25, -0.2) is 0 Å². The number of rotatable bonds is 2. The van der Waals surface area contributed by atoms with Crippen molar-refractivity contribution in [2.24, 2.45) is 0 Å². The van der Waals surface area contributed by atoms with Gasteiger partial charge < -0.3 is 0 Å². The summed E-state index contributed by atoms with van der Waals surface area (Å²) in [6, 6.07) is 0. The van der Waals surface area contributed by atoms with Crippen molar-refractivity contribution >= 4 is 0 Å². The fourth-order valence-electron chi connectivity index (χ4n) is 0.279. The van der Waals surface area contributed by atoms with Crippen molar-refractivity contribution in [2.75, 3.05) is 0 Å². The van der Waals surface area contributed by atoms with Crippen LogP contribution in [0.4, 0.5) is 0 Å². The van der Waals surface area contributed by atoms with Crippen LogP contribution in [0.5, 0.6) is 0 Å². The minimum Gasteiger partial charge on any atom is 0 e.